The summed E-state index contributed by atoms with van der Waals surface area (Å²) in [7, 11) is 1.26. The zero-order valence-corrected chi connectivity index (χ0v) is 68.7. The molecule has 38 heteroatoms. The lowest BCUT2D eigenvalue weighted by molar-refractivity contribution is -0.392. The largest absolute Gasteiger partial charge is 0.446 e. The molecular formula is C79H127N3O35. The van der Waals surface area contributed by atoms with Gasteiger partial charge in [0.15, 0.2) is 37.6 Å². The molecule has 10 fully saturated rings. The summed E-state index contributed by atoms with van der Waals surface area (Å²) in [6.07, 6.45) is -49.5. The summed E-state index contributed by atoms with van der Waals surface area (Å²) in [5.41, 5.74) is -7.73. The number of hydrogen-bond donors (Lipinski definition) is 18. The molecule has 0 bridgehead atoms. The molecule has 0 aromatic carbocycles. The van der Waals surface area contributed by atoms with Gasteiger partial charge >= 0.3 is 11.9 Å². The first-order chi connectivity index (χ1) is 55.0. The Labute approximate surface area is 679 Å². The normalized spacial score (nSPS) is 47.9. The number of ether oxygens (including phenoxy) is 14. The van der Waals surface area contributed by atoms with Gasteiger partial charge in [-0.15, -0.1) is 0 Å². The molecule has 0 aromatic heterocycles. The third-order valence-electron chi connectivity index (χ3n) is 28.5. The molecule has 38 nitrogen and oxygen atoms in total. The zero-order valence-electron chi connectivity index (χ0n) is 68.7. The maximum atomic E-state index is 16.0. The Bertz CT molecular complexity index is 3470. The van der Waals surface area contributed by atoms with E-state index in [2.05, 4.69) is 56.6 Å². The molecule has 6 aliphatic heterocycles. The molecule has 11 aliphatic rings. The summed E-state index contributed by atoms with van der Waals surface area (Å²) in [4.78, 5) is 87.8. The van der Waals surface area contributed by atoms with Gasteiger partial charge in [-0.25, -0.2) is 4.79 Å². The number of hydrogen-bond acceptors (Lipinski definition) is 35. The minimum atomic E-state index is -2.69. The predicted molar refractivity (Wildman–Crippen MR) is 396 cm³/mol. The maximum Gasteiger partial charge on any atom is 0.339 e. The highest BCUT2D eigenvalue weighted by Gasteiger charge is 2.73. The van der Waals surface area contributed by atoms with Crippen molar-refractivity contribution in [3.8, 4) is 0 Å². The third kappa shape index (κ3) is 17.1. The molecule has 11 rings (SSSR count). The van der Waals surface area contributed by atoms with Crippen LogP contribution in [0.3, 0.4) is 0 Å². The Balaban J connectivity index is 0.922. The smallest absolute Gasteiger partial charge is 0.339 e. The number of nitrogens with one attached hydrogen (secondary N) is 3. The number of carbonyl (C=O) groups excluding carboxylic acids is 6. The summed E-state index contributed by atoms with van der Waals surface area (Å²) < 4.78 is 87.4. The number of aldehydes is 1. The van der Waals surface area contributed by atoms with Gasteiger partial charge in [0, 0.05) is 32.7 Å². The van der Waals surface area contributed by atoms with Crippen molar-refractivity contribution in [1.29, 1.82) is 0 Å². The Kier molecular flexibility index (Phi) is 29.1. The van der Waals surface area contributed by atoms with E-state index in [0.29, 0.717) is 38.5 Å². The van der Waals surface area contributed by atoms with Gasteiger partial charge in [0.1, 0.15) is 122 Å². The van der Waals surface area contributed by atoms with E-state index in [1.165, 1.54) is 21.0 Å². The number of likely N-dealkylation sites (N-methyl/N-ethyl adjacent to an activating group) is 1. The lowest BCUT2D eigenvalue weighted by Gasteiger charge is -2.71. The van der Waals surface area contributed by atoms with Crippen molar-refractivity contribution in [1.82, 2.24) is 16.0 Å². The molecule has 39 atom stereocenters. The fourth-order valence-corrected chi connectivity index (χ4v) is 21.3. The first kappa shape index (κ1) is 93.4. The molecule has 6 saturated heterocycles. The lowest BCUT2D eigenvalue weighted by atomic mass is 9.33. The van der Waals surface area contributed by atoms with Crippen LogP contribution >= 0.6 is 0 Å². The van der Waals surface area contributed by atoms with E-state index >= 15 is 9.59 Å². The van der Waals surface area contributed by atoms with Gasteiger partial charge in [-0.05, 0) is 132 Å². The summed E-state index contributed by atoms with van der Waals surface area (Å²) in [5.74, 6) is -7.50. The van der Waals surface area contributed by atoms with Crippen molar-refractivity contribution in [3.05, 3.63) is 11.6 Å². The van der Waals surface area contributed by atoms with Crippen LogP contribution in [0.25, 0.3) is 0 Å². The second-order valence-electron chi connectivity index (χ2n) is 36.0. The molecule has 18 N–H and O–H groups in total. The number of methoxy groups -OCH3 is 1. The van der Waals surface area contributed by atoms with Crippen LogP contribution < -0.4 is 16.0 Å². The van der Waals surface area contributed by atoms with E-state index in [0.717, 1.165) is 11.9 Å². The van der Waals surface area contributed by atoms with Gasteiger partial charge in [0.25, 0.3) is 5.91 Å². The van der Waals surface area contributed by atoms with Crippen LogP contribution in [-0.4, -0.2) is 349 Å². The van der Waals surface area contributed by atoms with Crippen molar-refractivity contribution in [3.63, 3.8) is 0 Å². The second-order valence-corrected chi connectivity index (χ2v) is 36.0. The van der Waals surface area contributed by atoms with Gasteiger partial charge in [0.2, 0.25) is 23.7 Å². The van der Waals surface area contributed by atoms with Gasteiger partial charge in [-0.1, -0.05) is 60.1 Å². The predicted octanol–water partition coefficient (Wildman–Crippen LogP) is -4.14. The van der Waals surface area contributed by atoms with E-state index in [1.54, 1.807) is 34.6 Å². The Morgan fingerprint density at radius 3 is 1.66 bits per heavy atom. The maximum absolute atomic E-state index is 16.0. The second kappa shape index (κ2) is 36.5. The van der Waals surface area contributed by atoms with Crippen molar-refractivity contribution in [2.75, 3.05) is 46.6 Å². The summed E-state index contributed by atoms with van der Waals surface area (Å²) in [6, 6.07) is 0. The van der Waals surface area contributed by atoms with Crippen LogP contribution in [0.1, 0.15) is 154 Å². The van der Waals surface area contributed by atoms with Gasteiger partial charge in [-0.2, -0.15) is 0 Å². The van der Waals surface area contributed by atoms with Crippen molar-refractivity contribution in [2.24, 2.45) is 56.2 Å². The van der Waals surface area contributed by atoms with E-state index in [9.17, 15) is 95.8 Å². The van der Waals surface area contributed by atoms with E-state index in [4.69, 9.17) is 66.3 Å². The Morgan fingerprint density at radius 1 is 0.547 bits per heavy atom. The van der Waals surface area contributed by atoms with Crippen LogP contribution in [-0.2, 0) is 95.1 Å². The standard InChI is InChI=1S/C79H127N3O35/c1-14-80-45(88)27-78(71(102)82-16-3,28-46(89)81-15-2)117-64(101)60-57(100)59(111-65-54(97)49(92)38(86)31-105-65)63(115-67-56(99)53(96)51(94)40(30-84)109-67)70(112-60)110-44-20-21-74(9)41(75(44,10)32-85)19-22-76(11)42(74)18-17-36-37-25-73(7,8)23-24-79(37,43(87)26-77(36,76)12)72(103)116-68-61(47(90)33(4)34(5)106-68)113-69-62(58(104-13)48(91)35(6)107-69)114-66-55(98)52(95)50(93)39(29-83)108-66/h17,32-35,37-44,47-63,65-70,83-84,86-87,90-100H,14-16,18-31H2,1-13H3,(H,80,88)(H,81,89)(H,82,102)/t33?,34?,35?,37?,38?,39?,40?,41?,42?,43-,44+,47?,48?,49?,50?,51?,52?,53?,54?,55?,56?,57?,58?,59?,60?,61?,62?,63?,65?,66?,67?,68?,69?,70?,74+,75+,76-,77-,79-/m1/s1. The lowest BCUT2D eigenvalue weighted by Crippen LogP contribution is -2.69. The van der Waals surface area contributed by atoms with Crippen LogP contribution in [0.2, 0.25) is 0 Å². The van der Waals surface area contributed by atoms with Crippen LogP contribution in [0.15, 0.2) is 11.6 Å². The average molecular weight is 1680 g/mol. The van der Waals surface area contributed by atoms with Crippen LogP contribution in [0.5, 0.6) is 0 Å². The Hall–Kier alpha value is -4.32. The third-order valence-corrected chi connectivity index (χ3v) is 28.5. The molecule has 668 valence electrons. The van der Waals surface area contributed by atoms with Gasteiger partial charge in [-0.3, -0.25) is 19.2 Å². The zero-order chi connectivity index (χ0) is 86.0. The number of carbonyl (C=O) groups is 6. The SMILES string of the molecule is CCNC(=O)CC(CC(=O)NCC)(OC(=O)C1OC(O[C@H]2CC[C@@]3(C)C(CC[C@]4(C)C3CC=C3C5CC(C)(C)CC[C@]5(C(=O)OC5OC(C)C(C)C(O)C5OC5OC(C)C(O)C(OC)C5OC5OC(CO)C(O)C(O)C5O)[C@H](O)C[C@]34C)[C@]2(C)C=O)C(OC2OC(CO)C(O)C(O)C2O)C(OC2OCC(O)C(O)C2O)C1O)C(=O)NCC. The fourth-order valence-electron chi connectivity index (χ4n) is 21.3. The molecule has 117 heavy (non-hydrogen) atoms. The number of allylic oxidation sites excluding steroid dienone is 2. The summed E-state index contributed by atoms with van der Waals surface area (Å²) >= 11 is 0. The molecular weight excluding hydrogens is 1550 g/mol. The van der Waals surface area contributed by atoms with E-state index in [-0.39, 0.29) is 44.8 Å². The summed E-state index contributed by atoms with van der Waals surface area (Å²) in [6.45, 7) is 19.3. The highest BCUT2D eigenvalue weighted by atomic mass is 16.8. The van der Waals surface area contributed by atoms with E-state index in [1.807, 2.05) is 0 Å². The van der Waals surface area contributed by atoms with Crippen LogP contribution in [0, 0.1) is 56.2 Å². The number of esters is 2. The average Bonchev–Trinajstić information content (AvgIpc) is 0.669. The highest BCUT2D eigenvalue weighted by molar-refractivity contribution is 5.97. The monoisotopic (exact) mass is 1680 g/mol. The highest BCUT2D eigenvalue weighted by Crippen LogP contribution is 2.76. The minimum Gasteiger partial charge on any atom is -0.446 e. The number of aliphatic hydroxyl groups excluding tert-OH is 15. The molecule has 4 saturated carbocycles. The number of amides is 3. The summed E-state index contributed by atoms with van der Waals surface area (Å²) in [5, 5.41) is 177. The van der Waals surface area contributed by atoms with Gasteiger partial charge < -0.3 is 164 Å². The molecule has 6 heterocycles. The quantitative estimate of drug-likeness (QED) is 0.0169. The number of rotatable bonds is 26. The van der Waals surface area contributed by atoms with Crippen molar-refractivity contribution < 1.29 is 172 Å². The first-order valence-electron chi connectivity index (χ1n) is 41.2. The van der Waals surface area contributed by atoms with Gasteiger partial charge in [0.05, 0.1) is 68.6 Å². The molecule has 0 aromatic rings. The number of fused-ring (bicyclic) bond motifs is 7. The Morgan fingerprint density at radius 2 is 1.09 bits per heavy atom. The van der Waals surface area contributed by atoms with E-state index < -0.39 is 302 Å². The molecule has 0 spiro atoms. The molecule has 3 amide bonds. The van der Waals surface area contributed by atoms with Crippen LogP contribution in [0.4, 0.5) is 0 Å². The van der Waals surface area contributed by atoms with Crippen molar-refractivity contribution in [2.45, 2.75) is 344 Å². The fraction of sp³-hybridized carbons (Fsp3) is 0.899. The molecule has 5 aliphatic carbocycles. The minimum absolute atomic E-state index is 0.00695. The topological polar surface area (TPSA) is 571 Å². The number of aliphatic hydroxyl groups is 15. The molecule has 0 radical (unpaired) electrons. The first-order valence-corrected chi connectivity index (χ1v) is 41.2. The van der Waals surface area contributed by atoms with Crippen molar-refractivity contribution >= 4 is 35.9 Å². The molecule has 32 unspecified atom stereocenters.